The van der Waals surface area contributed by atoms with Crippen molar-refractivity contribution in [2.24, 2.45) is 0 Å². The average Bonchev–Trinajstić information content (AvgIpc) is 2.41. The number of aromatic nitrogens is 3. The molecule has 0 unspecified atom stereocenters. The minimum atomic E-state index is -0.294. The smallest absolute Gasteiger partial charge is 0.271 e. The number of hydrogen-bond acceptors (Lipinski definition) is 5. The lowest BCUT2D eigenvalue weighted by atomic mass is 10.3. The molecule has 0 amide bonds. The molecule has 6 heteroatoms. The molecule has 0 aliphatic rings. The van der Waals surface area contributed by atoms with Gasteiger partial charge in [0.1, 0.15) is 11.9 Å². The Morgan fingerprint density at radius 2 is 2.11 bits per heavy atom. The fourth-order valence-electron chi connectivity index (χ4n) is 1.47. The molecule has 0 bridgehead atoms. The Labute approximate surface area is 110 Å². The topological polar surface area (TPSA) is 79.9 Å². The van der Waals surface area contributed by atoms with Gasteiger partial charge in [0.25, 0.3) is 5.56 Å². The highest BCUT2D eigenvalue weighted by atomic mass is 16.5. The van der Waals surface area contributed by atoms with E-state index in [1.807, 2.05) is 24.3 Å². The standard InChI is InChI=1S/C13H16N4O2/c1-2-3-8-19-11-6-4-10(5-7-11)15-13-16-12(18)9-14-17-13/h4-7,9H,2-3,8H2,1H3,(H2,15,16,17,18). The minimum Gasteiger partial charge on any atom is -0.494 e. The van der Waals surface area contributed by atoms with Crippen LogP contribution >= 0.6 is 0 Å². The summed E-state index contributed by atoms with van der Waals surface area (Å²) in [5.74, 6) is 1.14. The third-order valence-corrected chi connectivity index (χ3v) is 2.46. The molecule has 1 aromatic carbocycles. The van der Waals surface area contributed by atoms with Gasteiger partial charge in [-0.2, -0.15) is 0 Å². The van der Waals surface area contributed by atoms with Crippen molar-refractivity contribution in [2.45, 2.75) is 19.8 Å². The zero-order chi connectivity index (χ0) is 13.5. The van der Waals surface area contributed by atoms with E-state index in [0.29, 0.717) is 5.95 Å². The van der Waals surface area contributed by atoms with E-state index < -0.39 is 0 Å². The van der Waals surface area contributed by atoms with Crippen LogP contribution in [0.2, 0.25) is 0 Å². The van der Waals surface area contributed by atoms with E-state index in [9.17, 15) is 4.79 Å². The monoisotopic (exact) mass is 260 g/mol. The maximum Gasteiger partial charge on any atom is 0.271 e. The van der Waals surface area contributed by atoms with Crippen LogP contribution in [0.4, 0.5) is 11.6 Å². The lowest BCUT2D eigenvalue weighted by Crippen LogP contribution is -2.10. The summed E-state index contributed by atoms with van der Waals surface area (Å²) in [6.07, 6.45) is 3.27. The number of nitrogens with one attached hydrogen (secondary N) is 2. The van der Waals surface area contributed by atoms with Gasteiger partial charge >= 0.3 is 0 Å². The second-order valence-electron chi connectivity index (χ2n) is 4.03. The van der Waals surface area contributed by atoms with Crippen molar-refractivity contribution < 1.29 is 4.74 Å². The first-order valence-corrected chi connectivity index (χ1v) is 6.20. The first-order chi connectivity index (χ1) is 9.28. The molecule has 100 valence electrons. The summed E-state index contributed by atoms with van der Waals surface area (Å²) < 4.78 is 5.56. The van der Waals surface area contributed by atoms with Crippen LogP contribution < -0.4 is 15.6 Å². The van der Waals surface area contributed by atoms with E-state index in [1.165, 1.54) is 0 Å². The largest absolute Gasteiger partial charge is 0.494 e. The van der Waals surface area contributed by atoms with Gasteiger partial charge in [-0.15, -0.1) is 10.2 Å². The minimum absolute atomic E-state index is 0.294. The zero-order valence-corrected chi connectivity index (χ0v) is 10.7. The highest BCUT2D eigenvalue weighted by Crippen LogP contribution is 2.17. The Hall–Kier alpha value is -2.37. The number of nitrogens with zero attached hydrogens (tertiary/aromatic N) is 2. The van der Waals surface area contributed by atoms with Crippen LogP contribution in [0.1, 0.15) is 19.8 Å². The summed E-state index contributed by atoms with van der Waals surface area (Å²) in [6, 6.07) is 7.45. The van der Waals surface area contributed by atoms with Gasteiger partial charge in [-0.1, -0.05) is 13.3 Å². The predicted molar refractivity (Wildman–Crippen MR) is 72.8 cm³/mol. The Morgan fingerprint density at radius 3 is 2.79 bits per heavy atom. The van der Waals surface area contributed by atoms with Crippen LogP contribution in [0.3, 0.4) is 0 Å². The van der Waals surface area contributed by atoms with E-state index in [1.54, 1.807) is 0 Å². The lowest BCUT2D eigenvalue weighted by molar-refractivity contribution is 0.309. The van der Waals surface area contributed by atoms with E-state index in [-0.39, 0.29) is 5.56 Å². The van der Waals surface area contributed by atoms with Crippen LogP contribution in [0.5, 0.6) is 5.75 Å². The summed E-state index contributed by atoms with van der Waals surface area (Å²) in [6.45, 7) is 2.85. The quantitative estimate of drug-likeness (QED) is 0.777. The number of anilines is 2. The number of hydrogen-bond donors (Lipinski definition) is 2. The van der Waals surface area contributed by atoms with Gasteiger partial charge in [0.2, 0.25) is 5.95 Å². The van der Waals surface area contributed by atoms with Gasteiger partial charge in [-0.05, 0) is 30.7 Å². The fraction of sp³-hybridized carbons (Fsp3) is 0.308. The summed E-state index contributed by atoms with van der Waals surface area (Å²) in [5.41, 5.74) is 0.510. The number of rotatable bonds is 6. The van der Waals surface area contributed by atoms with E-state index in [4.69, 9.17) is 4.74 Å². The summed E-state index contributed by atoms with van der Waals surface area (Å²) in [7, 11) is 0. The molecule has 6 nitrogen and oxygen atoms in total. The fourth-order valence-corrected chi connectivity index (χ4v) is 1.47. The molecule has 0 radical (unpaired) electrons. The molecule has 1 aromatic heterocycles. The van der Waals surface area contributed by atoms with Crippen LogP contribution in [0.25, 0.3) is 0 Å². The lowest BCUT2D eigenvalue weighted by Gasteiger charge is -2.07. The summed E-state index contributed by atoms with van der Waals surface area (Å²) >= 11 is 0. The summed E-state index contributed by atoms with van der Waals surface area (Å²) in [5, 5.41) is 10.3. The molecular formula is C13H16N4O2. The second kappa shape index (κ2) is 6.53. The Kier molecular flexibility index (Phi) is 4.49. The van der Waals surface area contributed by atoms with Crippen LogP contribution in [-0.2, 0) is 0 Å². The predicted octanol–water partition coefficient (Wildman–Crippen LogP) is 2.09. The SMILES string of the molecule is CCCCOc1ccc(Nc2nncc(=O)[nH]2)cc1. The number of H-pyrrole nitrogens is 1. The van der Waals surface area contributed by atoms with Gasteiger partial charge in [-0.25, -0.2) is 0 Å². The van der Waals surface area contributed by atoms with Crippen molar-refractivity contribution >= 4 is 11.6 Å². The number of benzene rings is 1. The van der Waals surface area contributed by atoms with Gasteiger partial charge in [-0.3, -0.25) is 9.78 Å². The summed E-state index contributed by atoms with van der Waals surface area (Å²) in [4.78, 5) is 13.6. The number of aromatic amines is 1. The third kappa shape index (κ3) is 4.09. The Bertz CT molecular complexity index is 565. The molecule has 2 aromatic rings. The van der Waals surface area contributed by atoms with Crippen LogP contribution in [-0.4, -0.2) is 21.8 Å². The van der Waals surface area contributed by atoms with Gasteiger partial charge in [0, 0.05) is 5.69 Å². The highest BCUT2D eigenvalue weighted by molar-refractivity contribution is 5.53. The molecule has 1 heterocycles. The normalized spacial score (nSPS) is 10.2. The maximum atomic E-state index is 11.1. The van der Waals surface area contributed by atoms with Crippen molar-refractivity contribution in [2.75, 3.05) is 11.9 Å². The third-order valence-electron chi connectivity index (χ3n) is 2.46. The van der Waals surface area contributed by atoms with Gasteiger partial charge in [0.05, 0.1) is 6.61 Å². The van der Waals surface area contributed by atoms with Crippen molar-refractivity contribution in [1.29, 1.82) is 0 Å². The van der Waals surface area contributed by atoms with Crippen LogP contribution in [0, 0.1) is 0 Å². The van der Waals surface area contributed by atoms with Crippen molar-refractivity contribution in [3.05, 3.63) is 40.8 Å². The first kappa shape index (κ1) is 13.1. The number of unbranched alkanes of at least 4 members (excludes halogenated alkanes) is 1. The van der Waals surface area contributed by atoms with E-state index in [0.717, 1.165) is 37.1 Å². The van der Waals surface area contributed by atoms with Gasteiger partial charge in [0.15, 0.2) is 0 Å². The van der Waals surface area contributed by atoms with Gasteiger partial charge < -0.3 is 10.1 Å². The maximum absolute atomic E-state index is 11.1. The molecule has 0 atom stereocenters. The zero-order valence-electron chi connectivity index (χ0n) is 10.7. The Morgan fingerprint density at radius 1 is 1.32 bits per heavy atom. The number of ether oxygens (including phenoxy) is 1. The molecule has 0 fully saturated rings. The van der Waals surface area contributed by atoms with Crippen molar-refractivity contribution in [1.82, 2.24) is 15.2 Å². The molecule has 2 N–H and O–H groups in total. The molecular weight excluding hydrogens is 244 g/mol. The molecule has 0 saturated heterocycles. The Balaban J connectivity index is 1.96. The van der Waals surface area contributed by atoms with Crippen LogP contribution in [0.15, 0.2) is 35.3 Å². The van der Waals surface area contributed by atoms with Crippen molar-refractivity contribution in [3.63, 3.8) is 0 Å². The molecule has 19 heavy (non-hydrogen) atoms. The highest BCUT2D eigenvalue weighted by Gasteiger charge is 1.98. The second-order valence-corrected chi connectivity index (χ2v) is 4.03. The molecule has 2 rings (SSSR count). The van der Waals surface area contributed by atoms with E-state index >= 15 is 0 Å². The van der Waals surface area contributed by atoms with Crippen molar-refractivity contribution in [3.8, 4) is 5.75 Å². The average molecular weight is 260 g/mol. The first-order valence-electron chi connectivity index (χ1n) is 6.20. The molecule has 0 aliphatic heterocycles. The molecule has 0 aliphatic carbocycles. The van der Waals surface area contributed by atoms with E-state index in [2.05, 4.69) is 27.4 Å². The molecule has 0 spiro atoms. The molecule has 0 saturated carbocycles.